The third-order valence-electron chi connectivity index (χ3n) is 3.52. The molecule has 0 radical (unpaired) electrons. The standard InChI is InChI=1S/C13H19BrFNO/c1-9(2)13(7-16,8-17)6-10-4-3-5-11(15)12(10)14/h3-5,9,17H,6-8,16H2,1-2H3. The van der Waals surface area contributed by atoms with Crippen LogP contribution >= 0.6 is 15.9 Å². The van der Waals surface area contributed by atoms with E-state index in [9.17, 15) is 9.50 Å². The normalized spacial score (nSPS) is 15.0. The Morgan fingerprint density at radius 3 is 2.59 bits per heavy atom. The van der Waals surface area contributed by atoms with E-state index in [1.54, 1.807) is 6.07 Å². The highest BCUT2D eigenvalue weighted by Gasteiger charge is 2.32. The predicted molar refractivity (Wildman–Crippen MR) is 71.2 cm³/mol. The van der Waals surface area contributed by atoms with Crippen molar-refractivity contribution in [3.63, 3.8) is 0 Å². The molecule has 0 fully saturated rings. The van der Waals surface area contributed by atoms with E-state index in [2.05, 4.69) is 15.9 Å². The van der Waals surface area contributed by atoms with Gasteiger partial charge in [0, 0.05) is 12.0 Å². The number of hydrogen-bond acceptors (Lipinski definition) is 2. The van der Waals surface area contributed by atoms with Crippen LogP contribution in [-0.2, 0) is 6.42 Å². The first-order chi connectivity index (χ1) is 7.96. The Morgan fingerprint density at radius 2 is 2.12 bits per heavy atom. The van der Waals surface area contributed by atoms with E-state index in [-0.39, 0.29) is 18.3 Å². The molecule has 0 aliphatic rings. The molecule has 1 aromatic rings. The molecule has 2 nitrogen and oxygen atoms in total. The fourth-order valence-corrected chi connectivity index (χ4v) is 2.28. The highest BCUT2D eigenvalue weighted by atomic mass is 79.9. The van der Waals surface area contributed by atoms with Crippen LogP contribution < -0.4 is 5.73 Å². The van der Waals surface area contributed by atoms with Gasteiger partial charge in [0.1, 0.15) is 5.82 Å². The average Bonchev–Trinajstić information content (AvgIpc) is 2.31. The molecular weight excluding hydrogens is 285 g/mol. The van der Waals surface area contributed by atoms with E-state index in [1.165, 1.54) is 6.07 Å². The van der Waals surface area contributed by atoms with Crippen LogP contribution in [0.5, 0.6) is 0 Å². The Labute approximate surface area is 110 Å². The summed E-state index contributed by atoms with van der Waals surface area (Å²) in [5, 5.41) is 9.58. The van der Waals surface area contributed by atoms with Crippen molar-refractivity contribution in [3.8, 4) is 0 Å². The monoisotopic (exact) mass is 303 g/mol. The lowest BCUT2D eigenvalue weighted by atomic mass is 9.73. The van der Waals surface area contributed by atoms with Gasteiger partial charge in [0.25, 0.3) is 0 Å². The van der Waals surface area contributed by atoms with E-state index in [1.807, 2.05) is 19.9 Å². The topological polar surface area (TPSA) is 46.2 Å². The average molecular weight is 304 g/mol. The maximum absolute atomic E-state index is 13.4. The van der Waals surface area contributed by atoms with Crippen molar-refractivity contribution in [2.45, 2.75) is 20.3 Å². The molecule has 4 heteroatoms. The first-order valence-electron chi connectivity index (χ1n) is 5.70. The Morgan fingerprint density at radius 1 is 1.47 bits per heavy atom. The van der Waals surface area contributed by atoms with Gasteiger partial charge in [-0.25, -0.2) is 4.39 Å². The Hall–Kier alpha value is -0.450. The van der Waals surface area contributed by atoms with Crippen LogP contribution in [0.25, 0.3) is 0 Å². The summed E-state index contributed by atoms with van der Waals surface area (Å²) in [5.74, 6) is -0.0530. The molecule has 3 N–H and O–H groups in total. The Kier molecular flexibility index (Phi) is 5.10. The lowest BCUT2D eigenvalue weighted by molar-refractivity contribution is 0.0840. The largest absolute Gasteiger partial charge is 0.396 e. The lowest BCUT2D eigenvalue weighted by Crippen LogP contribution is -2.41. The van der Waals surface area contributed by atoms with Crippen molar-refractivity contribution in [1.29, 1.82) is 0 Å². The third-order valence-corrected chi connectivity index (χ3v) is 4.41. The molecule has 1 atom stereocenters. The number of halogens is 2. The second-order valence-electron chi connectivity index (χ2n) is 4.77. The minimum atomic E-state index is -0.393. The van der Waals surface area contributed by atoms with Gasteiger partial charge in [0.2, 0.25) is 0 Å². The van der Waals surface area contributed by atoms with Crippen LogP contribution in [0.2, 0.25) is 0 Å². The van der Waals surface area contributed by atoms with Crippen molar-refractivity contribution in [3.05, 3.63) is 34.1 Å². The van der Waals surface area contributed by atoms with Crippen LogP contribution in [-0.4, -0.2) is 18.3 Å². The summed E-state index contributed by atoms with van der Waals surface area (Å²) >= 11 is 3.24. The van der Waals surface area contributed by atoms with Crippen LogP contribution in [0.15, 0.2) is 22.7 Å². The van der Waals surface area contributed by atoms with E-state index >= 15 is 0 Å². The zero-order valence-corrected chi connectivity index (χ0v) is 11.8. The number of aliphatic hydroxyl groups is 1. The van der Waals surface area contributed by atoms with Gasteiger partial charge in [-0.05, 0) is 39.9 Å². The maximum atomic E-state index is 13.4. The summed E-state index contributed by atoms with van der Waals surface area (Å²) in [6, 6.07) is 4.94. The van der Waals surface area contributed by atoms with Gasteiger partial charge in [0.15, 0.2) is 0 Å². The molecule has 0 bridgehead atoms. The third kappa shape index (κ3) is 3.06. The molecule has 1 aromatic carbocycles. The number of hydrogen-bond donors (Lipinski definition) is 2. The fourth-order valence-electron chi connectivity index (χ4n) is 1.88. The second kappa shape index (κ2) is 5.94. The number of rotatable bonds is 5. The summed E-state index contributed by atoms with van der Waals surface area (Å²) in [5.41, 5.74) is 6.24. The van der Waals surface area contributed by atoms with Crippen molar-refractivity contribution < 1.29 is 9.50 Å². The van der Waals surface area contributed by atoms with Crippen LogP contribution in [0.4, 0.5) is 4.39 Å². The molecule has 0 aliphatic heterocycles. The molecule has 0 saturated carbocycles. The summed E-state index contributed by atoms with van der Waals surface area (Å²) < 4.78 is 13.9. The van der Waals surface area contributed by atoms with Crippen molar-refractivity contribution in [2.75, 3.05) is 13.2 Å². The zero-order chi connectivity index (χ0) is 13.1. The first kappa shape index (κ1) is 14.6. The molecule has 0 heterocycles. The minimum absolute atomic E-state index is 0.00409. The predicted octanol–water partition coefficient (Wildman–Crippen LogP) is 2.72. The number of nitrogens with two attached hydrogens (primary N) is 1. The quantitative estimate of drug-likeness (QED) is 0.878. The number of benzene rings is 1. The van der Waals surface area contributed by atoms with E-state index < -0.39 is 5.41 Å². The van der Waals surface area contributed by atoms with Crippen LogP contribution in [0, 0.1) is 17.2 Å². The molecule has 1 rings (SSSR count). The van der Waals surface area contributed by atoms with Gasteiger partial charge >= 0.3 is 0 Å². The molecular formula is C13H19BrFNO. The molecule has 0 aliphatic carbocycles. The van der Waals surface area contributed by atoms with Gasteiger partial charge in [-0.15, -0.1) is 0 Å². The molecule has 17 heavy (non-hydrogen) atoms. The van der Waals surface area contributed by atoms with Gasteiger partial charge in [-0.3, -0.25) is 0 Å². The van der Waals surface area contributed by atoms with Crippen molar-refractivity contribution >= 4 is 15.9 Å². The van der Waals surface area contributed by atoms with Gasteiger partial charge in [-0.2, -0.15) is 0 Å². The van der Waals surface area contributed by atoms with Crippen LogP contribution in [0.3, 0.4) is 0 Å². The lowest BCUT2D eigenvalue weighted by Gasteiger charge is -2.35. The van der Waals surface area contributed by atoms with Gasteiger partial charge in [0.05, 0.1) is 11.1 Å². The molecule has 0 amide bonds. The Bertz CT molecular complexity index is 378. The van der Waals surface area contributed by atoms with Crippen molar-refractivity contribution in [1.82, 2.24) is 0 Å². The van der Waals surface area contributed by atoms with Crippen molar-refractivity contribution in [2.24, 2.45) is 17.1 Å². The first-order valence-corrected chi connectivity index (χ1v) is 6.50. The number of aliphatic hydroxyl groups excluding tert-OH is 1. The highest BCUT2D eigenvalue weighted by molar-refractivity contribution is 9.10. The van der Waals surface area contributed by atoms with E-state index in [0.717, 1.165) is 5.56 Å². The molecule has 0 spiro atoms. The van der Waals surface area contributed by atoms with E-state index in [0.29, 0.717) is 17.4 Å². The fraction of sp³-hybridized carbons (Fsp3) is 0.538. The maximum Gasteiger partial charge on any atom is 0.137 e. The highest BCUT2D eigenvalue weighted by Crippen LogP contribution is 2.33. The molecule has 96 valence electrons. The second-order valence-corrected chi connectivity index (χ2v) is 5.56. The molecule has 1 unspecified atom stereocenters. The SMILES string of the molecule is CC(C)C(CN)(CO)Cc1cccc(F)c1Br. The summed E-state index contributed by atoms with van der Waals surface area (Å²) in [6.07, 6.45) is 0.565. The zero-order valence-electron chi connectivity index (χ0n) is 10.2. The minimum Gasteiger partial charge on any atom is -0.396 e. The van der Waals surface area contributed by atoms with Gasteiger partial charge in [-0.1, -0.05) is 26.0 Å². The molecule has 0 aromatic heterocycles. The van der Waals surface area contributed by atoms with Gasteiger partial charge < -0.3 is 10.8 Å². The Balaban J connectivity index is 3.06. The smallest absolute Gasteiger partial charge is 0.137 e. The summed E-state index contributed by atoms with van der Waals surface area (Å²) in [4.78, 5) is 0. The molecule has 0 saturated heterocycles. The van der Waals surface area contributed by atoms with Crippen LogP contribution in [0.1, 0.15) is 19.4 Å². The van der Waals surface area contributed by atoms with E-state index in [4.69, 9.17) is 5.73 Å². The summed E-state index contributed by atoms with van der Waals surface area (Å²) in [6.45, 7) is 4.43. The summed E-state index contributed by atoms with van der Waals surface area (Å²) in [7, 11) is 0.